The Morgan fingerprint density at radius 1 is 0.973 bits per heavy atom. The van der Waals surface area contributed by atoms with Crippen LogP contribution < -0.4 is 10.4 Å². The van der Waals surface area contributed by atoms with Crippen LogP contribution in [0.25, 0.3) is 11.0 Å². The molecule has 0 unspecified atom stereocenters. The van der Waals surface area contributed by atoms with E-state index in [0.29, 0.717) is 17.4 Å². The van der Waals surface area contributed by atoms with Crippen molar-refractivity contribution in [3.05, 3.63) is 88.3 Å². The van der Waals surface area contributed by atoms with Gasteiger partial charge in [-0.1, -0.05) is 42.5 Å². The normalized spacial score (nSPS) is 29.8. The molecule has 2 saturated carbocycles. The first-order valence-electron chi connectivity index (χ1n) is 12.8. The molecule has 2 amide bonds. The van der Waals surface area contributed by atoms with Gasteiger partial charge in [0.25, 0.3) is 0 Å². The van der Waals surface area contributed by atoms with Crippen molar-refractivity contribution in [1.29, 1.82) is 0 Å². The average Bonchev–Trinajstić information content (AvgIpc) is 3.66. The largest absolute Gasteiger partial charge is 0.425 e. The van der Waals surface area contributed by atoms with Crippen LogP contribution in [-0.4, -0.2) is 28.7 Å². The van der Waals surface area contributed by atoms with Crippen molar-refractivity contribution in [3.63, 3.8) is 0 Å². The summed E-state index contributed by atoms with van der Waals surface area (Å²) < 4.78 is 11.1. The van der Waals surface area contributed by atoms with Crippen molar-refractivity contribution in [2.75, 3.05) is 0 Å². The van der Waals surface area contributed by atoms with Crippen molar-refractivity contribution in [2.45, 2.75) is 25.8 Å². The number of likely N-dealkylation sites (tertiary alicyclic amines) is 1. The number of allylic oxidation sites excluding steroid dienone is 2. The second kappa shape index (κ2) is 8.00. The van der Waals surface area contributed by atoms with Gasteiger partial charge in [0.2, 0.25) is 11.8 Å². The number of imide groups is 1. The van der Waals surface area contributed by atoms with Crippen LogP contribution >= 0.6 is 0 Å². The molecule has 0 radical (unpaired) electrons. The van der Waals surface area contributed by atoms with Crippen molar-refractivity contribution in [3.8, 4) is 5.75 Å². The Balaban J connectivity index is 1.24. The lowest BCUT2D eigenvalue weighted by molar-refractivity contribution is -0.153. The summed E-state index contributed by atoms with van der Waals surface area (Å²) in [6, 6.07) is 14.4. The number of rotatable bonds is 5. The van der Waals surface area contributed by atoms with Gasteiger partial charge in [0, 0.05) is 23.9 Å². The minimum atomic E-state index is -1.09. The van der Waals surface area contributed by atoms with Crippen LogP contribution in [0.15, 0.2) is 76.0 Å². The molecule has 0 spiro atoms. The fraction of sp³-hybridized carbons (Fsp3) is 0.333. The molecule has 2 heterocycles. The van der Waals surface area contributed by atoms with E-state index in [1.54, 1.807) is 12.1 Å². The fourth-order valence-electron chi connectivity index (χ4n) is 6.97. The van der Waals surface area contributed by atoms with Gasteiger partial charge in [-0.25, -0.2) is 9.59 Å². The van der Waals surface area contributed by atoms with E-state index in [-0.39, 0.29) is 35.8 Å². The molecule has 3 fully saturated rings. The maximum Gasteiger partial charge on any atom is 0.336 e. The number of amides is 2. The first-order valence-corrected chi connectivity index (χ1v) is 12.8. The summed E-state index contributed by atoms with van der Waals surface area (Å²) in [7, 11) is 0. The van der Waals surface area contributed by atoms with Gasteiger partial charge in [0.15, 0.2) is 0 Å². The average molecular weight is 496 g/mol. The van der Waals surface area contributed by atoms with Crippen molar-refractivity contribution < 1.29 is 23.5 Å². The molecule has 5 aliphatic rings. The summed E-state index contributed by atoms with van der Waals surface area (Å²) >= 11 is 0. The number of fused-ring (bicyclic) bond motifs is 1. The van der Waals surface area contributed by atoms with E-state index in [4.69, 9.17) is 9.15 Å². The monoisotopic (exact) mass is 495 g/mol. The highest BCUT2D eigenvalue weighted by Gasteiger charge is 2.68. The Morgan fingerprint density at radius 3 is 2.32 bits per heavy atom. The maximum atomic E-state index is 13.8. The lowest BCUT2D eigenvalue weighted by atomic mass is 9.63. The number of carbonyl (C=O) groups is 3. The number of nitrogens with zero attached hydrogens (tertiary/aromatic N) is 1. The van der Waals surface area contributed by atoms with Gasteiger partial charge in [-0.15, -0.1) is 0 Å². The molecule has 7 nitrogen and oxygen atoms in total. The first-order chi connectivity index (χ1) is 17.9. The van der Waals surface area contributed by atoms with Crippen LogP contribution in [0, 0.1) is 42.4 Å². The fourth-order valence-corrected chi connectivity index (χ4v) is 6.97. The van der Waals surface area contributed by atoms with Gasteiger partial charge in [-0.3, -0.25) is 14.5 Å². The quantitative estimate of drug-likeness (QED) is 0.176. The minimum absolute atomic E-state index is 0.0703. The number of aryl methyl sites for hydroxylation is 1. The summed E-state index contributed by atoms with van der Waals surface area (Å²) in [5.41, 5.74) is 1.39. The van der Waals surface area contributed by atoms with E-state index in [1.807, 2.05) is 37.3 Å². The molecule has 186 valence electrons. The van der Waals surface area contributed by atoms with Crippen LogP contribution in [-0.2, 0) is 20.8 Å². The summed E-state index contributed by atoms with van der Waals surface area (Å²) in [4.78, 5) is 54.2. The van der Waals surface area contributed by atoms with Crippen molar-refractivity contribution in [1.82, 2.24) is 4.90 Å². The molecule has 8 rings (SSSR count). The molecule has 0 N–H and O–H groups in total. The van der Waals surface area contributed by atoms with Crippen LogP contribution in [0.3, 0.4) is 0 Å². The predicted octanol–water partition coefficient (Wildman–Crippen LogP) is 3.67. The number of esters is 1. The third kappa shape index (κ3) is 3.40. The molecule has 1 aromatic heterocycles. The zero-order valence-electron chi connectivity index (χ0n) is 20.2. The highest BCUT2D eigenvalue weighted by molar-refractivity contribution is 6.09. The molecule has 7 heteroatoms. The van der Waals surface area contributed by atoms with Crippen molar-refractivity contribution in [2.24, 2.45) is 35.5 Å². The lowest BCUT2D eigenvalue weighted by Crippen LogP contribution is -2.48. The van der Waals surface area contributed by atoms with Gasteiger partial charge >= 0.3 is 11.6 Å². The number of hydrogen-bond acceptors (Lipinski definition) is 6. The van der Waals surface area contributed by atoms with E-state index in [9.17, 15) is 19.2 Å². The van der Waals surface area contributed by atoms with Gasteiger partial charge in [0.1, 0.15) is 17.4 Å². The van der Waals surface area contributed by atoms with E-state index in [2.05, 4.69) is 12.2 Å². The molecule has 37 heavy (non-hydrogen) atoms. The molecule has 2 bridgehead atoms. The van der Waals surface area contributed by atoms with E-state index in [0.717, 1.165) is 22.9 Å². The molecule has 3 aromatic rings. The Hall–Kier alpha value is -4.00. The van der Waals surface area contributed by atoms with Gasteiger partial charge in [-0.05, 0) is 60.3 Å². The Morgan fingerprint density at radius 2 is 1.65 bits per heavy atom. The van der Waals surface area contributed by atoms with Gasteiger partial charge < -0.3 is 9.15 Å². The topological polar surface area (TPSA) is 93.9 Å². The SMILES string of the molecule is Cc1cc(OC(=O)[C@@H](Cc2ccccc2)N2C(=O)[C@H]3[C@@H]4C=C[C@H]([C@H]5C[C@H]45)[C@@H]3C2=O)cc2oc(=O)ccc12. The third-order valence-electron chi connectivity index (χ3n) is 8.69. The molecule has 7 atom stereocenters. The predicted molar refractivity (Wildman–Crippen MR) is 133 cm³/mol. The highest BCUT2D eigenvalue weighted by Crippen LogP contribution is 2.65. The second-order valence-electron chi connectivity index (χ2n) is 10.7. The van der Waals surface area contributed by atoms with Crippen LogP contribution in [0.4, 0.5) is 0 Å². The number of hydrogen-bond donors (Lipinski definition) is 0. The summed E-state index contributed by atoms with van der Waals surface area (Å²) in [5, 5.41) is 0.732. The van der Waals surface area contributed by atoms with Crippen LogP contribution in [0.5, 0.6) is 5.75 Å². The van der Waals surface area contributed by atoms with Crippen LogP contribution in [0.1, 0.15) is 17.5 Å². The summed E-state index contributed by atoms with van der Waals surface area (Å²) in [6.45, 7) is 1.83. The first kappa shape index (κ1) is 22.2. The van der Waals surface area contributed by atoms with Gasteiger partial charge in [0.05, 0.1) is 11.8 Å². The van der Waals surface area contributed by atoms with Crippen molar-refractivity contribution >= 4 is 28.8 Å². The third-order valence-corrected chi connectivity index (χ3v) is 8.69. The Labute approximate surface area is 212 Å². The lowest BCUT2D eigenvalue weighted by Gasteiger charge is -2.37. The summed E-state index contributed by atoms with van der Waals surface area (Å²) in [5.74, 6) is -0.721. The number of ether oxygens (including phenoxy) is 1. The zero-order chi connectivity index (χ0) is 25.4. The number of carbonyl (C=O) groups excluding carboxylic acids is 3. The number of benzene rings is 2. The minimum Gasteiger partial charge on any atom is -0.425 e. The molecular weight excluding hydrogens is 470 g/mol. The Kier molecular flexibility index (Phi) is 4.80. The van der Waals surface area contributed by atoms with E-state index < -0.39 is 29.5 Å². The molecule has 2 aromatic carbocycles. The summed E-state index contributed by atoms with van der Waals surface area (Å²) in [6.07, 6.45) is 5.46. The molecule has 4 aliphatic carbocycles. The van der Waals surface area contributed by atoms with Crippen LogP contribution in [0.2, 0.25) is 0 Å². The smallest absolute Gasteiger partial charge is 0.336 e. The second-order valence-corrected chi connectivity index (χ2v) is 10.7. The highest BCUT2D eigenvalue weighted by atomic mass is 16.5. The Bertz CT molecular complexity index is 1520. The van der Waals surface area contributed by atoms with E-state index >= 15 is 0 Å². The molecule has 1 aliphatic heterocycles. The standard InChI is InChI=1S/C30H25NO6/c1-15-11-17(13-24-18(15)9-10-25(32)37-24)36-30(35)23(12-16-5-3-2-4-6-16)31-28(33)26-19-7-8-20(22-14-21(19)22)27(26)29(31)34/h2-11,13,19-23,26-27H,12,14H2,1H3/t19-,20-,21-,22-,23-,26+,27+/m1/s1. The zero-order valence-corrected chi connectivity index (χ0v) is 20.2. The molecular formula is C30H25NO6. The van der Waals surface area contributed by atoms with Gasteiger partial charge in [-0.2, -0.15) is 0 Å². The maximum absolute atomic E-state index is 13.8. The molecule has 1 saturated heterocycles. The van der Waals surface area contributed by atoms with E-state index in [1.165, 1.54) is 17.0 Å².